The molecule has 3 atom stereocenters. The first-order valence-electron chi connectivity index (χ1n) is 10.2. The van der Waals surface area contributed by atoms with E-state index in [1.54, 1.807) is 0 Å². The van der Waals surface area contributed by atoms with Crippen LogP contribution in [0.5, 0.6) is 5.75 Å². The molecule has 3 aliphatic heterocycles. The first-order chi connectivity index (χ1) is 14.4. The number of aryl methyl sites for hydroxylation is 1. The summed E-state index contributed by atoms with van der Waals surface area (Å²) in [5, 5.41) is 1.98. The van der Waals surface area contributed by atoms with Crippen molar-refractivity contribution in [2.75, 3.05) is 24.6 Å². The number of ether oxygens (including phenoxy) is 1. The second kappa shape index (κ2) is 7.50. The second-order valence-electron chi connectivity index (χ2n) is 8.62. The summed E-state index contributed by atoms with van der Waals surface area (Å²) in [4.78, 5) is 28.2. The smallest absolute Gasteiger partial charge is 0.295 e. The predicted molar refractivity (Wildman–Crippen MR) is 116 cm³/mol. The Balaban J connectivity index is 1.28. The quantitative estimate of drug-likeness (QED) is 0.713. The summed E-state index contributed by atoms with van der Waals surface area (Å²) in [5.41, 5.74) is 2.08. The molecule has 3 aliphatic rings. The van der Waals surface area contributed by atoms with E-state index < -0.39 is 21.7 Å². The number of amides is 2. The SMILES string of the molecule is Cc1csc(C(=O)N2CC3CC(C2)CS(=O)(=NC(=O)C2Cc4ccccc4O2)C3)c1. The molecule has 5 rings (SSSR count). The van der Waals surface area contributed by atoms with Crippen LogP contribution in [-0.2, 0) is 20.9 Å². The highest BCUT2D eigenvalue weighted by molar-refractivity contribution is 7.93. The fourth-order valence-corrected chi connectivity index (χ4v) is 8.40. The lowest BCUT2D eigenvalue weighted by Gasteiger charge is -2.42. The molecule has 3 unspecified atom stereocenters. The van der Waals surface area contributed by atoms with Gasteiger partial charge in [0.15, 0.2) is 6.10 Å². The third-order valence-electron chi connectivity index (χ3n) is 6.02. The van der Waals surface area contributed by atoms with Gasteiger partial charge < -0.3 is 9.64 Å². The number of hydrogen-bond donors (Lipinski definition) is 0. The van der Waals surface area contributed by atoms with Gasteiger partial charge in [0, 0.05) is 31.0 Å². The Hall–Kier alpha value is -2.19. The lowest BCUT2D eigenvalue weighted by molar-refractivity contribution is -0.123. The number of thiophene rings is 1. The van der Waals surface area contributed by atoms with Crippen LogP contribution >= 0.6 is 11.3 Å². The molecule has 0 N–H and O–H groups in total. The minimum atomic E-state index is -2.62. The fourth-order valence-electron chi connectivity index (χ4n) is 4.85. The van der Waals surface area contributed by atoms with Crippen LogP contribution in [0.25, 0.3) is 0 Å². The number of para-hydroxylation sites is 1. The number of carbonyl (C=O) groups is 2. The van der Waals surface area contributed by atoms with Gasteiger partial charge in [0.2, 0.25) is 0 Å². The zero-order chi connectivity index (χ0) is 20.9. The Morgan fingerprint density at radius 1 is 1.20 bits per heavy atom. The van der Waals surface area contributed by atoms with Gasteiger partial charge in [-0.1, -0.05) is 18.2 Å². The molecule has 0 aliphatic carbocycles. The molecule has 0 saturated carbocycles. The molecule has 1 aromatic carbocycles. The predicted octanol–water partition coefficient (Wildman–Crippen LogP) is 3.15. The minimum Gasteiger partial charge on any atom is -0.480 e. The minimum absolute atomic E-state index is 0.0568. The topological polar surface area (TPSA) is 76.0 Å². The number of likely N-dealkylation sites (tertiary alicyclic amines) is 1. The summed E-state index contributed by atoms with van der Waals surface area (Å²) in [7, 11) is -2.62. The number of carbonyl (C=O) groups excluding carboxylic acids is 2. The van der Waals surface area contributed by atoms with Crippen LogP contribution in [0.1, 0.15) is 27.2 Å². The Kier molecular flexibility index (Phi) is 4.94. The number of rotatable bonds is 2. The second-order valence-corrected chi connectivity index (χ2v) is 11.9. The van der Waals surface area contributed by atoms with Crippen LogP contribution in [0.15, 0.2) is 40.1 Å². The van der Waals surface area contributed by atoms with Gasteiger partial charge in [-0.25, -0.2) is 4.21 Å². The Labute approximate surface area is 180 Å². The highest BCUT2D eigenvalue weighted by Gasteiger charge is 2.40. The molecule has 2 fully saturated rings. The Bertz CT molecular complexity index is 1090. The van der Waals surface area contributed by atoms with E-state index in [9.17, 15) is 13.8 Å². The van der Waals surface area contributed by atoms with Crippen LogP contribution in [-0.4, -0.2) is 51.6 Å². The van der Waals surface area contributed by atoms with E-state index in [2.05, 4.69) is 4.36 Å². The van der Waals surface area contributed by atoms with E-state index in [-0.39, 0.29) is 17.7 Å². The van der Waals surface area contributed by atoms with Crippen molar-refractivity contribution >= 4 is 32.9 Å². The zero-order valence-electron chi connectivity index (χ0n) is 16.8. The van der Waals surface area contributed by atoms with E-state index in [1.807, 2.05) is 47.5 Å². The van der Waals surface area contributed by atoms with Crippen molar-refractivity contribution in [1.82, 2.24) is 4.90 Å². The number of benzene rings is 1. The molecule has 158 valence electrons. The van der Waals surface area contributed by atoms with Crippen LogP contribution in [0.2, 0.25) is 0 Å². The number of hydrogen-bond acceptors (Lipinski definition) is 5. The van der Waals surface area contributed by atoms with E-state index in [4.69, 9.17) is 4.74 Å². The van der Waals surface area contributed by atoms with Crippen molar-refractivity contribution in [3.05, 3.63) is 51.7 Å². The number of piperidine rings is 1. The Morgan fingerprint density at radius 2 is 1.93 bits per heavy atom. The summed E-state index contributed by atoms with van der Waals surface area (Å²) in [6, 6.07) is 9.49. The van der Waals surface area contributed by atoms with Crippen molar-refractivity contribution in [3.63, 3.8) is 0 Å². The fraction of sp³-hybridized carbons (Fsp3) is 0.455. The molecule has 4 heterocycles. The van der Waals surface area contributed by atoms with E-state index in [0.29, 0.717) is 36.8 Å². The Morgan fingerprint density at radius 3 is 2.60 bits per heavy atom. The lowest BCUT2D eigenvalue weighted by Crippen LogP contribution is -2.50. The van der Waals surface area contributed by atoms with Crippen molar-refractivity contribution < 1.29 is 18.5 Å². The molecular weight excluding hydrogens is 420 g/mol. The third kappa shape index (κ3) is 3.78. The summed E-state index contributed by atoms with van der Waals surface area (Å²) in [6.45, 7) is 3.15. The van der Waals surface area contributed by atoms with Crippen LogP contribution in [0, 0.1) is 18.8 Å². The average molecular weight is 445 g/mol. The molecular formula is C22H24N2O4S2. The molecule has 8 heteroatoms. The van der Waals surface area contributed by atoms with Gasteiger partial charge in [-0.3, -0.25) is 9.59 Å². The largest absolute Gasteiger partial charge is 0.480 e. The molecule has 2 bridgehead atoms. The van der Waals surface area contributed by atoms with Gasteiger partial charge in [0.25, 0.3) is 11.8 Å². The van der Waals surface area contributed by atoms with Gasteiger partial charge in [0.05, 0.1) is 14.6 Å². The standard InChI is InChI=1S/C22H24N2O4S2/c1-14-6-20(29-11-14)22(26)24-9-15-7-16(10-24)13-30(27,12-15)23-21(25)19-8-17-4-2-3-5-18(17)28-19/h2-6,11,15-16,19H,7-10,12-13H2,1H3. The van der Waals surface area contributed by atoms with Gasteiger partial charge >= 0.3 is 0 Å². The lowest BCUT2D eigenvalue weighted by atomic mass is 9.91. The maximum atomic E-state index is 13.5. The molecule has 1 aromatic heterocycles. The summed E-state index contributed by atoms with van der Waals surface area (Å²) < 4.78 is 23.4. The summed E-state index contributed by atoms with van der Waals surface area (Å²) in [6.07, 6.45) is 0.741. The van der Waals surface area contributed by atoms with E-state index in [0.717, 1.165) is 22.4 Å². The van der Waals surface area contributed by atoms with Crippen LogP contribution in [0.3, 0.4) is 0 Å². The van der Waals surface area contributed by atoms with Crippen LogP contribution in [0.4, 0.5) is 0 Å². The first-order valence-corrected chi connectivity index (χ1v) is 13.0. The van der Waals surface area contributed by atoms with Gasteiger partial charge in [-0.05, 0) is 53.8 Å². The van der Waals surface area contributed by atoms with Gasteiger partial charge in [-0.15, -0.1) is 11.3 Å². The van der Waals surface area contributed by atoms with E-state index >= 15 is 0 Å². The highest BCUT2D eigenvalue weighted by Crippen LogP contribution is 2.33. The normalized spacial score (nSPS) is 29.8. The summed E-state index contributed by atoms with van der Waals surface area (Å²) >= 11 is 1.47. The zero-order valence-corrected chi connectivity index (χ0v) is 18.4. The average Bonchev–Trinajstić information content (AvgIpc) is 3.32. The number of fused-ring (bicyclic) bond motifs is 3. The maximum Gasteiger partial charge on any atom is 0.295 e. The molecule has 2 saturated heterocycles. The molecule has 0 radical (unpaired) electrons. The molecule has 2 amide bonds. The van der Waals surface area contributed by atoms with E-state index in [1.165, 1.54) is 11.3 Å². The highest BCUT2D eigenvalue weighted by atomic mass is 32.2. The molecule has 2 aromatic rings. The van der Waals surface area contributed by atoms with Crippen molar-refractivity contribution in [3.8, 4) is 5.75 Å². The van der Waals surface area contributed by atoms with Crippen molar-refractivity contribution in [2.24, 2.45) is 16.2 Å². The number of nitrogens with zero attached hydrogens (tertiary/aromatic N) is 2. The molecule has 0 spiro atoms. The van der Waals surface area contributed by atoms with Crippen LogP contribution < -0.4 is 4.74 Å². The summed E-state index contributed by atoms with van der Waals surface area (Å²) in [5.74, 6) is 1.34. The van der Waals surface area contributed by atoms with Crippen molar-refractivity contribution in [2.45, 2.75) is 25.9 Å². The third-order valence-corrected chi connectivity index (χ3v) is 9.56. The monoisotopic (exact) mass is 444 g/mol. The van der Waals surface area contributed by atoms with Gasteiger partial charge in [0.1, 0.15) is 5.75 Å². The molecule has 30 heavy (non-hydrogen) atoms. The van der Waals surface area contributed by atoms with Gasteiger partial charge in [-0.2, -0.15) is 4.36 Å². The first kappa shape index (κ1) is 19.8. The van der Waals surface area contributed by atoms with Crippen molar-refractivity contribution in [1.29, 1.82) is 0 Å². The maximum absolute atomic E-state index is 13.5. The molecule has 6 nitrogen and oxygen atoms in total.